The number of fused-ring (bicyclic) bond motifs is 1. The normalized spacial score (nSPS) is 11.3. The molecular weight excluding hydrogens is 278 g/mol. The smallest absolute Gasteiger partial charge is 0.0797 e. The van der Waals surface area contributed by atoms with Gasteiger partial charge in [-0.15, -0.1) is 11.3 Å². The largest absolute Gasteiger partial charge is 0.347 e. The third-order valence-electron chi connectivity index (χ3n) is 3.84. The monoisotopic (exact) mass is 299 g/mol. The Morgan fingerprint density at radius 3 is 2.95 bits per heavy atom. The average Bonchev–Trinajstić information content (AvgIpc) is 3.09. The maximum Gasteiger partial charge on any atom is 0.0797 e. The lowest BCUT2D eigenvalue weighted by Crippen LogP contribution is -2.11. The fourth-order valence-electron chi connectivity index (χ4n) is 2.59. The van der Waals surface area contributed by atoms with Crippen molar-refractivity contribution < 1.29 is 0 Å². The van der Waals surface area contributed by atoms with Gasteiger partial charge < -0.3 is 9.88 Å². The Balaban J connectivity index is 1.79. The highest BCUT2D eigenvalue weighted by atomic mass is 32.1. The fraction of sp³-hybridized carbons (Fsp3) is 0.353. The summed E-state index contributed by atoms with van der Waals surface area (Å²) in [5, 5.41) is 4.70. The first-order chi connectivity index (χ1) is 10.3. The van der Waals surface area contributed by atoms with Gasteiger partial charge in [0.15, 0.2) is 0 Å². The summed E-state index contributed by atoms with van der Waals surface area (Å²) in [6.07, 6.45) is 3.25. The van der Waals surface area contributed by atoms with Crippen molar-refractivity contribution in [1.29, 1.82) is 0 Å². The molecule has 4 heteroatoms. The highest BCUT2D eigenvalue weighted by molar-refractivity contribution is 7.09. The summed E-state index contributed by atoms with van der Waals surface area (Å²) >= 11 is 1.76. The molecule has 0 aliphatic rings. The van der Waals surface area contributed by atoms with Crippen LogP contribution in [0.4, 0.5) is 0 Å². The Hall–Kier alpha value is -1.65. The fourth-order valence-corrected chi connectivity index (χ4v) is 3.36. The lowest BCUT2D eigenvalue weighted by Gasteiger charge is -2.07. The third-order valence-corrected chi connectivity index (χ3v) is 4.84. The van der Waals surface area contributed by atoms with E-state index in [4.69, 9.17) is 0 Å². The standard InChI is InChI=1S/C17H21N3S/c1-3-18-11-14-4-5-15-6-8-20(16(15)10-14)9-7-17-13(2)19-12-21-17/h4-6,8,10,12,18H,3,7,9,11H2,1-2H3. The van der Waals surface area contributed by atoms with Crippen molar-refractivity contribution in [2.45, 2.75) is 33.4 Å². The maximum absolute atomic E-state index is 4.33. The predicted octanol–water partition coefficient (Wildman–Crippen LogP) is 3.76. The van der Waals surface area contributed by atoms with Gasteiger partial charge in [-0.05, 0) is 36.6 Å². The van der Waals surface area contributed by atoms with Crippen LogP contribution < -0.4 is 5.32 Å². The molecule has 3 rings (SSSR count). The zero-order chi connectivity index (χ0) is 14.7. The molecule has 0 atom stereocenters. The molecule has 110 valence electrons. The van der Waals surface area contributed by atoms with Crippen LogP contribution in [0.1, 0.15) is 23.1 Å². The minimum absolute atomic E-state index is 0.936. The highest BCUT2D eigenvalue weighted by Crippen LogP contribution is 2.20. The van der Waals surface area contributed by atoms with Gasteiger partial charge in [-0.2, -0.15) is 0 Å². The number of nitrogens with one attached hydrogen (secondary N) is 1. The number of hydrogen-bond donors (Lipinski definition) is 1. The Bertz CT molecular complexity index is 727. The SMILES string of the molecule is CCNCc1ccc2ccn(CCc3scnc3C)c2c1. The van der Waals surface area contributed by atoms with Crippen LogP contribution in [-0.2, 0) is 19.5 Å². The Kier molecular flexibility index (Phi) is 4.36. The highest BCUT2D eigenvalue weighted by Gasteiger charge is 2.05. The number of rotatable bonds is 6. The quantitative estimate of drug-likeness (QED) is 0.751. The van der Waals surface area contributed by atoms with E-state index < -0.39 is 0 Å². The molecule has 2 aromatic heterocycles. The zero-order valence-electron chi connectivity index (χ0n) is 12.6. The molecule has 0 aliphatic carbocycles. The summed E-state index contributed by atoms with van der Waals surface area (Å²) in [6, 6.07) is 8.93. The van der Waals surface area contributed by atoms with Gasteiger partial charge in [0.2, 0.25) is 0 Å². The number of benzene rings is 1. The minimum Gasteiger partial charge on any atom is -0.347 e. The summed E-state index contributed by atoms with van der Waals surface area (Å²) in [5.74, 6) is 0. The first-order valence-electron chi connectivity index (χ1n) is 7.45. The van der Waals surface area contributed by atoms with Crippen molar-refractivity contribution in [3.63, 3.8) is 0 Å². The van der Waals surface area contributed by atoms with E-state index in [1.165, 1.54) is 27.0 Å². The van der Waals surface area contributed by atoms with E-state index in [-0.39, 0.29) is 0 Å². The van der Waals surface area contributed by atoms with Crippen LogP contribution in [0.5, 0.6) is 0 Å². The average molecular weight is 299 g/mol. The number of aryl methyl sites for hydroxylation is 3. The summed E-state index contributed by atoms with van der Waals surface area (Å²) < 4.78 is 2.35. The number of hydrogen-bond acceptors (Lipinski definition) is 3. The molecule has 3 nitrogen and oxygen atoms in total. The first kappa shape index (κ1) is 14.3. The minimum atomic E-state index is 0.936. The van der Waals surface area contributed by atoms with Gasteiger partial charge in [0, 0.05) is 36.1 Å². The third kappa shape index (κ3) is 3.17. The van der Waals surface area contributed by atoms with Crippen molar-refractivity contribution in [1.82, 2.24) is 14.9 Å². The van der Waals surface area contributed by atoms with Crippen LogP contribution in [0.2, 0.25) is 0 Å². The molecule has 0 amide bonds. The Morgan fingerprint density at radius 2 is 2.19 bits per heavy atom. The lowest BCUT2D eigenvalue weighted by atomic mass is 10.1. The van der Waals surface area contributed by atoms with Crippen molar-refractivity contribution in [2.24, 2.45) is 0 Å². The molecule has 0 fully saturated rings. The topological polar surface area (TPSA) is 29.9 Å². The first-order valence-corrected chi connectivity index (χ1v) is 8.33. The van der Waals surface area contributed by atoms with E-state index in [2.05, 4.69) is 59.2 Å². The van der Waals surface area contributed by atoms with Crippen LogP contribution in [0.3, 0.4) is 0 Å². The van der Waals surface area contributed by atoms with Gasteiger partial charge >= 0.3 is 0 Å². The summed E-state index contributed by atoms with van der Waals surface area (Å²) in [4.78, 5) is 5.72. The van der Waals surface area contributed by atoms with Gasteiger partial charge in [0.05, 0.1) is 11.2 Å². The zero-order valence-corrected chi connectivity index (χ0v) is 13.4. The van der Waals surface area contributed by atoms with Gasteiger partial charge in [0.1, 0.15) is 0 Å². The maximum atomic E-state index is 4.33. The van der Waals surface area contributed by atoms with E-state index in [1.807, 2.05) is 5.51 Å². The molecule has 0 unspecified atom stereocenters. The van der Waals surface area contributed by atoms with E-state index in [1.54, 1.807) is 11.3 Å². The molecule has 0 aliphatic heterocycles. The second-order valence-electron chi connectivity index (χ2n) is 5.29. The van der Waals surface area contributed by atoms with Gasteiger partial charge in [-0.3, -0.25) is 0 Å². The molecule has 21 heavy (non-hydrogen) atoms. The Labute approximate surface area is 129 Å². The number of thiazole rings is 1. The van der Waals surface area contributed by atoms with Crippen molar-refractivity contribution in [2.75, 3.05) is 6.54 Å². The molecule has 1 aromatic carbocycles. The van der Waals surface area contributed by atoms with Crippen LogP contribution in [0.25, 0.3) is 10.9 Å². The molecule has 1 N–H and O–H groups in total. The van der Waals surface area contributed by atoms with E-state index in [9.17, 15) is 0 Å². The van der Waals surface area contributed by atoms with Gasteiger partial charge in [-0.25, -0.2) is 4.98 Å². The molecule has 0 saturated heterocycles. The molecule has 0 radical (unpaired) electrons. The van der Waals surface area contributed by atoms with Gasteiger partial charge in [0.25, 0.3) is 0 Å². The second kappa shape index (κ2) is 6.41. The van der Waals surface area contributed by atoms with E-state index >= 15 is 0 Å². The molecule has 2 heterocycles. The predicted molar refractivity (Wildman–Crippen MR) is 89.9 cm³/mol. The van der Waals surface area contributed by atoms with Gasteiger partial charge in [-0.1, -0.05) is 19.1 Å². The molecule has 0 bridgehead atoms. The number of aromatic nitrogens is 2. The molecule has 0 spiro atoms. The van der Waals surface area contributed by atoms with Crippen LogP contribution in [0, 0.1) is 6.92 Å². The number of nitrogens with zero attached hydrogens (tertiary/aromatic N) is 2. The van der Waals surface area contributed by atoms with Crippen LogP contribution in [0.15, 0.2) is 36.0 Å². The molecule has 0 saturated carbocycles. The van der Waals surface area contributed by atoms with Crippen molar-refractivity contribution in [3.8, 4) is 0 Å². The summed E-state index contributed by atoms with van der Waals surface area (Å²) in [5.41, 5.74) is 5.78. The van der Waals surface area contributed by atoms with Crippen molar-refractivity contribution >= 4 is 22.2 Å². The lowest BCUT2D eigenvalue weighted by molar-refractivity contribution is 0.718. The summed E-state index contributed by atoms with van der Waals surface area (Å²) in [7, 11) is 0. The molecule has 3 aromatic rings. The Morgan fingerprint density at radius 1 is 1.29 bits per heavy atom. The molecular formula is C17H21N3S. The van der Waals surface area contributed by atoms with E-state index in [0.717, 1.165) is 26.1 Å². The second-order valence-corrected chi connectivity index (χ2v) is 6.23. The van der Waals surface area contributed by atoms with Crippen LogP contribution in [-0.4, -0.2) is 16.1 Å². The summed E-state index contributed by atoms with van der Waals surface area (Å²) in [6.45, 7) is 7.18. The van der Waals surface area contributed by atoms with Crippen LogP contribution >= 0.6 is 11.3 Å². The van der Waals surface area contributed by atoms with Crippen molar-refractivity contribution in [3.05, 3.63) is 52.1 Å². The van der Waals surface area contributed by atoms with E-state index in [0.29, 0.717) is 0 Å².